The van der Waals surface area contributed by atoms with Crippen molar-refractivity contribution in [3.63, 3.8) is 0 Å². The summed E-state index contributed by atoms with van der Waals surface area (Å²) in [5, 5.41) is 8.85. The number of aryl methyl sites for hydroxylation is 1. The monoisotopic (exact) mass is 278 g/mol. The molecule has 3 nitrogen and oxygen atoms in total. The van der Waals surface area contributed by atoms with Gasteiger partial charge < -0.3 is 4.57 Å². The summed E-state index contributed by atoms with van der Waals surface area (Å²) in [6.45, 7) is 0. The van der Waals surface area contributed by atoms with E-state index in [1.54, 1.807) is 13.1 Å². The number of nitriles is 1. The van der Waals surface area contributed by atoms with Crippen LogP contribution in [0.4, 0.5) is 13.2 Å². The van der Waals surface area contributed by atoms with Gasteiger partial charge in [-0.3, -0.25) is 4.79 Å². The zero-order valence-electron chi connectivity index (χ0n) is 10.4. The highest BCUT2D eigenvalue weighted by atomic mass is 19.4. The highest BCUT2D eigenvalue weighted by Crippen LogP contribution is 2.31. The molecule has 0 bridgehead atoms. The van der Waals surface area contributed by atoms with Crippen LogP contribution in [0.2, 0.25) is 0 Å². The molecule has 0 aliphatic carbocycles. The van der Waals surface area contributed by atoms with Crippen LogP contribution in [0.1, 0.15) is 11.1 Å². The van der Waals surface area contributed by atoms with Crippen molar-refractivity contribution in [1.29, 1.82) is 5.26 Å². The molecule has 20 heavy (non-hydrogen) atoms. The van der Waals surface area contributed by atoms with Crippen LogP contribution in [0.3, 0.4) is 0 Å². The first-order chi connectivity index (χ1) is 9.32. The van der Waals surface area contributed by atoms with E-state index in [0.717, 1.165) is 12.1 Å². The maximum atomic E-state index is 12.7. The standard InChI is InChI=1S/C14H9F3N2O/c1-19-7-10(6-18)13(20)12(8-19)9-3-2-4-11(5-9)14(15,16)17/h2-5,7-8H,1H3. The van der Waals surface area contributed by atoms with Crippen molar-refractivity contribution in [3.8, 4) is 17.2 Å². The van der Waals surface area contributed by atoms with Gasteiger partial charge in [0.1, 0.15) is 11.6 Å². The van der Waals surface area contributed by atoms with Gasteiger partial charge in [0.05, 0.1) is 5.56 Å². The average molecular weight is 278 g/mol. The van der Waals surface area contributed by atoms with Crippen molar-refractivity contribution in [2.24, 2.45) is 7.05 Å². The summed E-state index contributed by atoms with van der Waals surface area (Å²) in [4.78, 5) is 12.0. The van der Waals surface area contributed by atoms with Gasteiger partial charge in [0.2, 0.25) is 5.43 Å². The second-order valence-electron chi connectivity index (χ2n) is 4.27. The van der Waals surface area contributed by atoms with E-state index in [9.17, 15) is 18.0 Å². The van der Waals surface area contributed by atoms with Gasteiger partial charge in [-0.2, -0.15) is 18.4 Å². The smallest absolute Gasteiger partial charge is 0.355 e. The third-order valence-electron chi connectivity index (χ3n) is 2.78. The number of pyridine rings is 1. The van der Waals surface area contributed by atoms with Crippen LogP contribution in [0.15, 0.2) is 41.5 Å². The van der Waals surface area contributed by atoms with Gasteiger partial charge in [-0.05, 0) is 17.7 Å². The van der Waals surface area contributed by atoms with E-state index in [2.05, 4.69) is 0 Å². The van der Waals surface area contributed by atoms with E-state index in [-0.39, 0.29) is 16.7 Å². The molecule has 0 saturated carbocycles. The van der Waals surface area contributed by atoms with Crippen LogP contribution < -0.4 is 5.43 Å². The Morgan fingerprint density at radius 2 is 1.95 bits per heavy atom. The molecule has 0 unspecified atom stereocenters. The molecule has 1 aromatic heterocycles. The predicted octanol–water partition coefficient (Wildman–Crippen LogP) is 2.94. The molecule has 0 aliphatic heterocycles. The van der Waals surface area contributed by atoms with Crippen LogP contribution in [-0.2, 0) is 13.2 Å². The quantitative estimate of drug-likeness (QED) is 0.805. The zero-order valence-corrected chi connectivity index (χ0v) is 10.4. The van der Waals surface area contributed by atoms with Gasteiger partial charge in [0, 0.05) is 25.0 Å². The Hall–Kier alpha value is -2.55. The lowest BCUT2D eigenvalue weighted by atomic mass is 10.0. The maximum Gasteiger partial charge on any atom is 0.416 e. The SMILES string of the molecule is Cn1cc(C#N)c(=O)c(-c2cccc(C(F)(F)F)c2)c1. The summed E-state index contributed by atoms with van der Waals surface area (Å²) in [5.74, 6) is 0. The number of rotatable bonds is 1. The second kappa shape index (κ2) is 4.85. The van der Waals surface area contributed by atoms with E-state index < -0.39 is 17.2 Å². The van der Waals surface area contributed by atoms with E-state index in [1.165, 1.54) is 29.1 Å². The number of benzene rings is 1. The minimum absolute atomic E-state index is 0.0673. The molecule has 102 valence electrons. The van der Waals surface area contributed by atoms with Gasteiger partial charge in [-0.25, -0.2) is 0 Å². The molecule has 0 N–H and O–H groups in total. The first-order valence-electron chi connectivity index (χ1n) is 5.61. The minimum Gasteiger partial charge on any atom is -0.355 e. The average Bonchev–Trinajstić information content (AvgIpc) is 2.40. The Balaban J connectivity index is 2.67. The fourth-order valence-electron chi connectivity index (χ4n) is 1.86. The van der Waals surface area contributed by atoms with Crippen molar-refractivity contribution < 1.29 is 13.2 Å². The topological polar surface area (TPSA) is 45.8 Å². The van der Waals surface area contributed by atoms with Crippen molar-refractivity contribution in [1.82, 2.24) is 4.57 Å². The molecule has 6 heteroatoms. The number of aromatic nitrogens is 1. The lowest BCUT2D eigenvalue weighted by Crippen LogP contribution is -2.13. The van der Waals surface area contributed by atoms with Gasteiger partial charge >= 0.3 is 6.18 Å². The third kappa shape index (κ3) is 2.57. The van der Waals surface area contributed by atoms with Gasteiger partial charge in [-0.1, -0.05) is 12.1 Å². The van der Waals surface area contributed by atoms with Crippen LogP contribution in [0.25, 0.3) is 11.1 Å². The molecular formula is C14H9F3N2O. The first kappa shape index (κ1) is 13.9. The molecule has 0 aliphatic rings. The normalized spacial score (nSPS) is 11.2. The van der Waals surface area contributed by atoms with Crippen LogP contribution in [0.5, 0.6) is 0 Å². The van der Waals surface area contributed by atoms with E-state index >= 15 is 0 Å². The Kier molecular flexibility index (Phi) is 3.36. The molecule has 0 amide bonds. The molecule has 1 aromatic carbocycles. The summed E-state index contributed by atoms with van der Waals surface area (Å²) in [6.07, 6.45) is -1.74. The van der Waals surface area contributed by atoms with Gasteiger partial charge in [0.25, 0.3) is 0 Å². The van der Waals surface area contributed by atoms with Crippen molar-refractivity contribution in [3.05, 3.63) is 58.0 Å². The van der Waals surface area contributed by atoms with Crippen molar-refractivity contribution in [2.45, 2.75) is 6.18 Å². The Labute approximate surface area is 112 Å². The largest absolute Gasteiger partial charge is 0.416 e. The maximum absolute atomic E-state index is 12.7. The number of nitrogens with zero attached hydrogens (tertiary/aromatic N) is 2. The fraction of sp³-hybridized carbons (Fsp3) is 0.143. The van der Waals surface area contributed by atoms with E-state index in [4.69, 9.17) is 5.26 Å². The summed E-state index contributed by atoms with van der Waals surface area (Å²) in [7, 11) is 1.59. The highest BCUT2D eigenvalue weighted by Gasteiger charge is 2.30. The summed E-state index contributed by atoms with van der Waals surface area (Å²) < 4.78 is 39.5. The lowest BCUT2D eigenvalue weighted by Gasteiger charge is -2.09. The number of hydrogen-bond acceptors (Lipinski definition) is 2. The van der Waals surface area contributed by atoms with Crippen molar-refractivity contribution >= 4 is 0 Å². The molecule has 0 saturated heterocycles. The zero-order chi connectivity index (χ0) is 14.9. The summed E-state index contributed by atoms with van der Waals surface area (Å²) in [5.41, 5.74) is -1.32. The molecule has 0 fully saturated rings. The molecule has 2 aromatic rings. The number of alkyl halides is 3. The van der Waals surface area contributed by atoms with Crippen LogP contribution >= 0.6 is 0 Å². The van der Waals surface area contributed by atoms with E-state index in [1.807, 2.05) is 0 Å². The Morgan fingerprint density at radius 3 is 2.55 bits per heavy atom. The third-order valence-corrected chi connectivity index (χ3v) is 2.78. The minimum atomic E-state index is -4.48. The fourth-order valence-corrected chi connectivity index (χ4v) is 1.86. The van der Waals surface area contributed by atoms with Gasteiger partial charge in [0.15, 0.2) is 0 Å². The lowest BCUT2D eigenvalue weighted by molar-refractivity contribution is -0.137. The van der Waals surface area contributed by atoms with Crippen molar-refractivity contribution in [2.75, 3.05) is 0 Å². The van der Waals surface area contributed by atoms with Gasteiger partial charge in [-0.15, -0.1) is 0 Å². The predicted molar refractivity (Wildman–Crippen MR) is 66.8 cm³/mol. The summed E-state index contributed by atoms with van der Waals surface area (Å²) >= 11 is 0. The molecule has 1 heterocycles. The highest BCUT2D eigenvalue weighted by molar-refractivity contribution is 5.65. The first-order valence-corrected chi connectivity index (χ1v) is 5.61. The summed E-state index contributed by atoms with van der Waals surface area (Å²) in [6, 6.07) is 6.21. The second-order valence-corrected chi connectivity index (χ2v) is 4.27. The van der Waals surface area contributed by atoms with E-state index in [0.29, 0.717) is 0 Å². The molecule has 0 atom stereocenters. The molecule has 2 rings (SSSR count). The van der Waals surface area contributed by atoms with Crippen LogP contribution in [0, 0.1) is 11.3 Å². The number of halogens is 3. The Bertz CT molecular complexity index is 754. The van der Waals surface area contributed by atoms with Crippen LogP contribution in [-0.4, -0.2) is 4.57 Å². The Morgan fingerprint density at radius 1 is 1.25 bits per heavy atom. The number of hydrogen-bond donors (Lipinski definition) is 0. The molecular weight excluding hydrogens is 269 g/mol. The molecule has 0 radical (unpaired) electrons. The molecule has 0 spiro atoms.